The molecule has 3 heterocycles. The summed E-state index contributed by atoms with van der Waals surface area (Å²) >= 11 is 0. The van der Waals surface area contributed by atoms with Crippen molar-refractivity contribution < 1.29 is 4.74 Å². The number of nitrogens with one attached hydrogen (secondary N) is 1. The molecule has 1 unspecified atom stereocenters. The predicted octanol–water partition coefficient (Wildman–Crippen LogP) is 1.57. The number of aromatic nitrogens is 2. The molecule has 2 aliphatic heterocycles. The summed E-state index contributed by atoms with van der Waals surface area (Å²) in [5.41, 5.74) is 7.07. The van der Waals surface area contributed by atoms with Crippen LogP contribution < -0.4 is 16.0 Å². The van der Waals surface area contributed by atoms with Crippen molar-refractivity contribution in [1.29, 1.82) is 0 Å². The van der Waals surface area contributed by atoms with E-state index < -0.39 is 0 Å². The van der Waals surface area contributed by atoms with Crippen molar-refractivity contribution >= 4 is 17.3 Å². The molecule has 0 amide bonds. The van der Waals surface area contributed by atoms with Crippen molar-refractivity contribution in [2.75, 3.05) is 61.9 Å². The van der Waals surface area contributed by atoms with E-state index in [2.05, 4.69) is 32.0 Å². The summed E-state index contributed by atoms with van der Waals surface area (Å²) < 4.78 is 5.38. The first-order valence-corrected chi connectivity index (χ1v) is 9.20. The lowest BCUT2D eigenvalue weighted by atomic mass is 10.00. The zero-order chi connectivity index (χ0) is 16.8. The molecule has 1 atom stereocenters. The van der Waals surface area contributed by atoms with Crippen LogP contribution in [0.3, 0.4) is 0 Å². The first kappa shape index (κ1) is 17.2. The van der Waals surface area contributed by atoms with Gasteiger partial charge >= 0.3 is 0 Å². The molecule has 2 fully saturated rings. The van der Waals surface area contributed by atoms with Gasteiger partial charge in [0, 0.05) is 38.8 Å². The van der Waals surface area contributed by atoms with Crippen LogP contribution in [0, 0.1) is 0 Å². The van der Waals surface area contributed by atoms with Crippen LogP contribution in [0.4, 0.5) is 17.3 Å². The van der Waals surface area contributed by atoms with Gasteiger partial charge in [-0.2, -0.15) is 0 Å². The molecule has 24 heavy (non-hydrogen) atoms. The van der Waals surface area contributed by atoms with Gasteiger partial charge < -0.3 is 20.7 Å². The Kier molecular flexibility index (Phi) is 6.09. The monoisotopic (exact) mass is 334 g/mol. The summed E-state index contributed by atoms with van der Waals surface area (Å²) in [6.45, 7) is 8.73. The summed E-state index contributed by atoms with van der Waals surface area (Å²) in [5.74, 6) is 1.65. The van der Waals surface area contributed by atoms with Crippen molar-refractivity contribution in [3.05, 3.63) is 6.33 Å². The molecule has 0 spiro atoms. The third-order valence-corrected chi connectivity index (χ3v) is 5.06. The van der Waals surface area contributed by atoms with E-state index in [9.17, 15) is 0 Å². The van der Waals surface area contributed by atoms with Gasteiger partial charge in [0.05, 0.1) is 13.2 Å². The summed E-state index contributed by atoms with van der Waals surface area (Å²) in [5, 5.41) is 3.39. The maximum absolute atomic E-state index is 6.39. The molecule has 1 aromatic heterocycles. The Morgan fingerprint density at radius 3 is 2.88 bits per heavy atom. The molecule has 3 rings (SSSR count). The van der Waals surface area contributed by atoms with Crippen LogP contribution in [-0.2, 0) is 4.74 Å². The average Bonchev–Trinajstić information content (AvgIpc) is 2.64. The van der Waals surface area contributed by atoms with E-state index in [1.165, 1.54) is 19.3 Å². The highest BCUT2D eigenvalue weighted by molar-refractivity contribution is 5.75. The number of nitrogens with two attached hydrogens (primary N) is 1. The smallest absolute Gasteiger partial charge is 0.157 e. The van der Waals surface area contributed by atoms with Gasteiger partial charge in [-0.1, -0.05) is 6.92 Å². The number of anilines is 3. The van der Waals surface area contributed by atoms with Crippen LogP contribution in [0.5, 0.6) is 0 Å². The zero-order valence-electron chi connectivity index (χ0n) is 14.7. The lowest BCUT2D eigenvalue weighted by Gasteiger charge is -2.36. The molecule has 2 aliphatic rings. The number of hydrogen-bond donors (Lipinski definition) is 2. The molecule has 7 nitrogen and oxygen atoms in total. The first-order valence-electron chi connectivity index (χ1n) is 9.20. The third kappa shape index (κ3) is 4.08. The quantitative estimate of drug-likeness (QED) is 0.817. The molecule has 3 N–H and O–H groups in total. The average molecular weight is 334 g/mol. The van der Waals surface area contributed by atoms with Crippen molar-refractivity contribution in [3.8, 4) is 0 Å². The molecule has 2 saturated heterocycles. The van der Waals surface area contributed by atoms with Gasteiger partial charge in [-0.3, -0.25) is 4.90 Å². The highest BCUT2D eigenvalue weighted by Gasteiger charge is 2.24. The number of nitrogen functional groups attached to an aromatic ring is 1. The molecule has 0 bridgehead atoms. The van der Waals surface area contributed by atoms with E-state index >= 15 is 0 Å². The van der Waals surface area contributed by atoms with Gasteiger partial charge in [-0.15, -0.1) is 0 Å². The molecule has 1 aromatic rings. The van der Waals surface area contributed by atoms with Gasteiger partial charge in [-0.25, -0.2) is 9.97 Å². The summed E-state index contributed by atoms with van der Waals surface area (Å²) in [6.07, 6.45) is 6.48. The van der Waals surface area contributed by atoms with E-state index in [4.69, 9.17) is 10.5 Å². The molecule has 134 valence electrons. The minimum atomic E-state index is 0.539. The lowest BCUT2D eigenvalue weighted by Crippen LogP contribution is -2.40. The van der Waals surface area contributed by atoms with Crippen molar-refractivity contribution in [3.63, 3.8) is 0 Å². The fourth-order valence-electron chi connectivity index (χ4n) is 3.62. The van der Waals surface area contributed by atoms with E-state index in [1.807, 2.05) is 0 Å². The Balaban J connectivity index is 1.62. The predicted molar refractivity (Wildman–Crippen MR) is 97.5 cm³/mol. The first-order chi connectivity index (χ1) is 11.8. The molecule has 0 aromatic carbocycles. The maximum atomic E-state index is 6.39. The van der Waals surface area contributed by atoms with Crippen LogP contribution in [0.25, 0.3) is 0 Å². The van der Waals surface area contributed by atoms with Crippen LogP contribution in [-0.4, -0.2) is 66.8 Å². The second-order valence-corrected chi connectivity index (χ2v) is 6.59. The Morgan fingerprint density at radius 2 is 2.08 bits per heavy atom. The largest absolute Gasteiger partial charge is 0.393 e. The van der Waals surface area contributed by atoms with Crippen LogP contribution in [0.1, 0.15) is 32.6 Å². The minimum Gasteiger partial charge on any atom is -0.393 e. The molecule has 0 radical (unpaired) electrons. The van der Waals surface area contributed by atoms with Gasteiger partial charge in [0.15, 0.2) is 11.6 Å². The number of hydrogen-bond acceptors (Lipinski definition) is 7. The topological polar surface area (TPSA) is 79.5 Å². The second kappa shape index (κ2) is 8.48. The Bertz CT molecular complexity index is 520. The van der Waals surface area contributed by atoms with Crippen LogP contribution in [0.15, 0.2) is 6.33 Å². The fourth-order valence-corrected chi connectivity index (χ4v) is 3.62. The Labute approximate surface area is 144 Å². The van der Waals surface area contributed by atoms with E-state index in [0.717, 1.165) is 64.0 Å². The number of piperidine rings is 1. The maximum Gasteiger partial charge on any atom is 0.157 e. The minimum absolute atomic E-state index is 0.539. The van der Waals surface area contributed by atoms with Gasteiger partial charge in [0.1, 0.15) is 12.0 Å². The highest BCUT2D eigenvalue weighted by Crippen LogP contribution is 2.31. The van der Waals surface area contributed by atoms with E-state index in [-0.39, 0.29) is 0 Å². The standard InChI is InChI=1S/C17H30N6O/c1-2-14-5-3-4-7-23(14)17-15(18)16(20-13-21-17)19-6-8-22-9-11-24-12-10-22/h13-14H,2-12,18H2,1H3,(H,19,20,21). The van der Waals surface area contributed by atoms with Crippen LogP contribution in [0.2, 0.25) is 0 Å². The van der Waals surface area contributed by atoms with Crippen molar-refractivity contribution in [1.82, 2.24) is 14.9 Å². The van der Waals surface area contributed by atoms with Gasteiger partial charge in [-0.05, 0) is 25.7 Å². The van der Waals surface area contributed by atoms with Crippen molar-refractivity contribution in [2.24, 2.45) is 0 Å². The highest BCUT2D eigenvalue weighted by atomic mass is 16.5. The van der Waals surface area contributed by atoms with E-state index in [1.54, 1.807) is 6.33 Å². The third-order valence-electron chi connectivity index (χ3n) is 5.06. The molecular formula is C17H30N6O. The van der Waals surface area contributed by atoms with Gasteiger partial charge in [0.25, 0.3) is 0 Å². The zero-order valence-corrected chi connectivity index (χ0v) is 14.7. The summed E-state index contributed by atoms with van der Waals surface area (Å²) in [4.78, 5) is 13.6. The van der Waals surface area contributed by atoms with Crippen molar-refractivity contribution in [2.45, 2.75) is 38.6 Å². The number of ether oxygens (including phenoxy) is 1. The van der Waals surface area contributed by atoms with E-state index in [0.29, 0.717) is 11.7 Å². The number of morpholine rings is 1. The number of rotatable bonds is 6. The normalized spacial score (nSPS) is 22.5. The molecule has 0 aliphatic carbocycles. The van der Waals surface area contributed by atoms with Crippen LogP contribution >= 0.6 is 0 Å². The Hall–Kier alpha value is -1.60. The summed E-state index contributed by atoms with van der Waals surface area (Å²) in [7, 11) is 0. The fraction of sp³-hybridized carbons (Fsp3) is 0.765. The second-order valence-electron chi connectivity index (χ2n) is 6.59. The summed E-state index contributed by atoms with van der Waals surface area (Å²) in [6, 6.07) is 0.539. The van der Waals surface area contributed by atoms with Gasteiger partial charge in [0.2, 0.25) is 0 Å². The SMILES string of the molecule is CCC1CCCCN1c1ncnc(NCCN2CCOCC2)c1N. The molecular weight excluding hydrogens is 304 g/mol. The molecule has 0 saturated carbocycles. The lowest BCUT2D eigenvalue weighted by molar-refractivity contribution is 0.0398. The molecule has 7 heteroatoms. The Morgan fingerprint density at radius 1 is 1.25 bits per heavy atom. The number of nitrogens with zero attached hydrogens (tertiary/aromatic N) is 4.